The molecule has 106 valence electrons. The molecule has 1 saturated heterocycles. The van der Waals surface area contributed by atoms with E-state index in [1.807, 2.05) is 30.3 Å². The predicted molar refractivity (Wildman–Crippen MR) is 73.2 cm³/mol. The molecule has 0 aromatic heterocycles. The number of aliphatic carboxylic acids is 2. The summed E-state index contributed by atoms with van der Waals surface area (Å²) < 4.78 is 0. The number of nitrogens with zero attached hydrogens (tertiary/aromatic N) is 1. The van der Waals surface area contributed by atoms with Gasteiger partial charge < -0.3 is 10.2 Å². The molecule has 0 amide bonds. The van der Waals surface area contributed by atoms with Crippen LogP contribution in [-0.2, 0) is 16.1 Å². The van der Waals surface area contributed by atoms with Crippen LogP contribution in [0, 0.1) is 0 Å². The first kappa shape index (κ1) is 14.3. The molecule has 0 unspecified atom stereocenters. The van der Waals surface area contributed by atoms with Crippen LogP contribution in [0.1, 0.15) is 18.4 Å². The lowest BCUT2D eigenvalue weighted by Crippen LogP contribution is -2.62. The first-order chi connectivity index (χ1) is 9.46. The molecule has 5 nitrogen and oxygen atoms in total. The molecule has 1 aliphatic heterocycles. The molecule has 1 aromatic carbocycles. The summed E-state index contributed by atoms with van der Waals surface area (Å²) in [4.78, 5) is 24.6. The molecule has 1 fully saturated rings. The maximum atomic E-state index is 11.6. The number of hydrogen-bond donors (Lipinski definition) is 2. The van der Waals surface area contributed by atoms with Crippen molar-refractivity contribution in [3.8, 4) is 0 Å². The van der Waals surface area contributed by atoms with Gasteiger partial charge in [-0.05, 0) is 18.4 Å². The SMILES string of the molecule is C=C1CCC(C(=O)O)(C(=O)O)N(Cc2ccccc2)C1. The lowest BCUT2D eigenvalue weighted by atomic mass is 9.84. The highest BCUT2D eigenvalue weighted by Gasteiger charge is 2.53. The van der Waals surface area contributed by atoms with Crippen molar-refractivity contribution >= 4 is 11.9 Å². The zero-order chi connectivity index (χ0) is 14.8. The minimum absolute atomic E-state index is 0.0450. The van der Waals surface area contributed by atoms with Gasteiger partial charge in [-0.2, -0.15) is 0 Å². The molecule has 1 aliphatic rings. The van der Waals surface area contributed by atoms with E-state index in [9.17, 15) is 19.8 Å². The second-order valence-electron chi connectivity index (χ2n) is 5.06. The van der Waals surface area contributed by atoms with Crippen LogP contribution in [-0.4, -0.2) is 39.1 Å². The molecule has 0 aliphatic carbocycles. The number of carboxylic acids is 2. The Bertz CT molecular complexity index is 524. The molecule has 5 heteroatoms. The summed E-state index contributed by atoms with van der Waals surface area (Å²) in [6.07, 6.45) is 0.465. The van der Waals surface area contributed by atoms with E-state index in [-0.39, 0.29) is 19.5 Å². The van der Waals surface area contributed by atoms with Gasteiger partial charge in [-0.25, -0.2) is 9.59 Å². The largest absolute Gasteiger partial charge is 0.479 e. The van der Waals surface area contributed by atoms with Crippen LogP contribution < -0.4 is 0 Å². The average Bonchev–Trinajstić information content (AvgIpc) is 2.39. The Labute approximate surface area is 117 Å². The Morgan fingerprint density at radius 1 is 1.20 bits per heavy atom. The number of piperidine rings is 1. The quantitative estimate of drug-likeness (QED) is 0.646. The summed E-state index contributed by atoms with van der Waals surface area (Å²) in [6, 6.07) is 9.26. The second-order valence-corrected chi connectivity index (χ2v) is 5.06. The Kier molecular flexibility index (Phi) is 3.90. The fourth-order valence-electron chi connectivity index (χ4n) is 2.57. The maximum Gasteiger partial charge on any atom is 0.335 e. The Balaban J connectivity index is 2.35. The van der Waals surface area contributed by atoms with Gasteiger partial charge in [0.2, 0.25) is 5.54 Å². The first-order valence-electron chi connectivity index (χ1n) is 6.39. The number of carboxylic acid groups (broad SMARTS) is 2. The minimum Gasteiger partial charge on any atom is -0.479 e. The predicted octanol–water partition coefficient (Wildman–Crippen LogP) is 1.75. The number of hydrogen-bond acceptors (Lipinski definition) is 3. The highest BCUT2D eigenvalue weighted by Crippen LogP contribution is 2.32. The zero-order valence-corrected chi connectivity index (χ0v) is 11.1. The van der Waals surface area contributed by atoms with Gasteiger partial charge in [0.05, 0.1) is 0 Å². The van der Waals surface area contributed by atoms with Gasteiger partial charge >= 0.3 is 11.9 Å². The molecule has 0 radical (unpaired) electrons. The monoisotopic (exact) mass is 275 g/mol. The number of rotatable bonds is 4. The Hall–Kier alpha value is -2.14. The van der Waals surface area contributed by atoms with Crippen molar-refractivity contribution < 1.29 is 19.8 Å². The molecule has 0 atom stereocenters. The van der Waals surface area contributed by atoms with Crippen LogP contribution in [0.5, 0.6) is 0 Å². The summed E-state index contributed by atoms with van der Waals surface area (Å²) in [5.41, 5.74) is -0.120. The van der Waals surface area contributed by atoms with Gasteiger partial charge in [0.15, 0.2) is 0 Å². The van der Waals surface area contributed by atoms with Crippen LogP contribution in [0.4, 0.5) is 0 Å². The van der Waals surface area contributed by atoms with Crippen molar-refractivity contribution in [2.24, 2.45) is 0 Å². The number of likely N-dealkylation sites (tertiary alicyclic amines) is 1. The van der Waals surface area contributed by atoms with Crippen molar-refractivity contribution in [3.63, 3.8) is 0 Å². The highest BCUT2D eigenvalue weighted by atomic mass is 16.4. The van der Waals surface area contributed by atoms with Crippen LogP contribution in [0.15, 0.2) is 42.5 Å². The van der Waals surface area contributed by atoms with Gasteiger partial charge in [-0.1, -0.05) is 42.5 Å². The third-order valence-electron chi connectivity index (χ3n) is 3.72. The van der Waals surface area contributed by atoms with E-state index in [2.05, 4.69) is 6.58 Å². The summed E-state index contributed by atoms with van der Waals surface area (Å²) in [5, 5.41) is 18.9. The van der Waals surface area contributed by atoms with Crippen LogP contribution in [0.3, 0.4) is 0 Å². The molecule has 0 bridgehead atoms. The normalized spacial score (nSPS) is 18.7. The lowest BCUT2D eigenvalue weighted by Gasteiger charge is -2.41. The Morgan fingerprint density at radius 3 is 2.35 bits per heavy atom. The van der Waals surface area contributed by atoms with E-state index in [0.717, 1.165) is 11.1 Å². The molecule has 2 rings (SSSR count). The van der Waals surface area contributed by atoms with E-state index in [1.54, 1.807) is 0 Å². The summed E-state index contributed by atoms with van der Waals surface area (Å²) in [5.74, 6) is -2.62. The number of carbonyl (C=O) groups is 2. The molecular weight excluding hydrogens is 258 g/mol. The van der Waals surface area contributed by atoms with Gasteiger partial charge in [-0.3, -0.25) is 4.90 Å². The van der Waals surface area contributed by atoms with Crippen molar-refractivity contribution in [3.05, 3.63) is 48.0 Å². The molecule has 0 saturated carbocycles. The summed E-state index contributed by atoms with van der Waals surface area (Å²) >= 11 is 0. The van der Waals surface area contributed by atoms with Crippen molar-refractivity contribution in [1.82, 2.24) is 4.90 Å². The molecule has 2 N–H and O–H groups in total. The van der Waals surface area contributed by atoms with Crippen LogP contribution >= 0.6 is 0 Å². The van der Waals surface area contributed by atoms with E-state index < -0.39 is 17.5 Å². The highest BCUT2D eigenvalue weighted by molar-refractivity contribution is 6.03. The van der Waals surface area contributed by atoms with Crippen molar-refractivity contribution in [1.29, 1.82) is 0 Å². The third kappa shape index (κ3) is 2.44. The zero-order valence-electron chi connectivity index (χ0n) is 11.1. The van der Waals surface area contributed by atoms with Crippen LogP contribution in [0.25, 0.3) is 0 Å². The first-order valence-corrected chi connectivity index (χ1v) is 6.39. The molecule has 20 heavy (non-hydrogen) atoms. The molecule has 1 heterocycles. The minimum atomic E-state index is -1.86. The standard InChI is InChI=1S/C15H17NO4/c1-11-7-8-15(13(17)18,14(19)20)16(9-11)10-12-5-3-2-4-6-12/h2-6H,1,7-10H2,(H,17,18)(H,19,20). The van der Waals surface area contributed by atoms with Gasteiger partial charge in [0, 0.05) is 13.1 Å². The number of benzene rings is 1. The Morgan fingerprint density at radius 2 is 1.80 bits per heavy atom. The smallest absolute Gasteiger partial charge is 0.335 e. The average molecular weight is 275 g/mol. The summed E-state index contributed by atoms with van der Waals surface area (Å²) in [6.45, 7) is 4.42. The lowest BCUT2D eigenvalue weighted by molar-refractivity contribution is -0.170. The van der Waals surface area contributed by atoms with E-state index in [1.165, 1.54) is 4.90 Å². The van der Waals surface area contributed by atoms with Gasteiger partial charge in [0.1, 0.15) is 0 Å². The second kappa shape index (κ2) is 5.46. The fraction of sp³-hybridized carbons (Fsp3) is 0.333. The van der Waals surface area contributed by atoms with E-state index >= 15 is 0 Å². The maximum absolute atomic E-state index is 11.6. The van der Waals surface area contributed by atoms with Gasteiger partial charge in [-0.15, -0.1) is 0 Å². The molecular formula is C15H17NO4. The topological polar surface area (TPSA) is 77.8 Å². The fourth-order valence-corrected chi connectivity index (χ4v) is 2.57. The van der Waals surface area contributed by atoms with Crippen LogP contribution in [0.2, 0.25) is 0 Å². The summed E-state index contributed by atoms with van der Waals surface area (Å²) in [7, 11) is 0. The molecule has 1 aromatic rings. The van der Waals surface area contributed by atoms with E-state index in [4.69, 9.17) is 0 Å². The molecule has 0 spiro atoms. The van der Waals surface area contributed by atoms with Crippen molar-refractivity contribution in [2.75, 3.05) is 6.54 Å². The van der Waals surface area contributed by atoms with Gasteiger partial charge in [0.25, 0.3) is 0 Å². The van der Waals surface area contributed by atoms with E-state index in [0.29, 0.717) is 6.42 Å². The van der Waals surface area contributed by atoms with Crippen molar-refractivity contribution in [2.45, 2.75) is 24.9 Å². The third-order valence-corrected chi connectivity index (χ3v) is 3.72.